The van der Waals surface area contributed by atoms with Gasteiger partial charge in [0.2, 0.25) is 0 Å². The molecule has 0 heterocycles. The minimum atomic E-state index is -0.866. The van der Waals surface area contributed by atoms with E-state index in [0.717, 1.165) is 25.7 Å². The molecule has 0 saturated heterocycles. The van der Waals surface area contributed by atoms with Crippen molar-refractivity contribution in [3.63, 3.8) is 0 Å². The van der Waals surface area contributed by atoms with E-state index in [1.165, 1.54) is 12.1 Å². The fourth-order valence-electron chi connectivity index (χ4n) is 2.59. The third kappa shape index (κ3) is 3.18. The maximum atomic E-state index is 13.8. The van der Waals surface area contributed by atoms with Crippen molar-refractivity contribution in [1.29, 1.82) is 5.26 Å². The Labute approximate surface area is 126 Å². The van der Waals surface area contributed by atoms with Crippen molar-refractivity contribution < 1.29 is 9.18 Å². The zero-order valence-corrected chi connectivity index (χ0v) is 12.7. The summed E-state index contributed by atoms with van der Waals surface area (Å²) >= 11 is 3.18. The van der Waals surface area contributed by atoms with Gasteiger partial charge in [0.15, 0.2) is 0 Å². The molecular formula is C15H16BrFN2O. The second-order valence-electron chi connectivity index (χ2n) is 5.16. The van der Waals surface area contributed by atoms with Gasteiger partial charge in [0.05, 0.1) is 11.6 Å². The molecule has 106 valence electrons. The summed E-state index contributed by atoms with van der Waals surface area (Å²) in [4.78, 5) is 12.3. The number of carbonyl (C=O) groups is 1. The average molecular weight is 339 g/mol. The van der Waals surface area contributed by atoms with E-state index in [1.54, 1.807) is 6.07 Å². The molecule has 1 aromatic carbocycles. The molecule has 0 radical (unpaired) electrons. The lowest BCUT2D eigenvalue weighted by Gasteiger charge is -2.26. The summed E-state index contributed by atoms with van der Waals surface area (Å²) in [5.74, 6) is -1.11. The Hall–Kier alpha value is -1.41. The fourth-order valence-corrected chi connectivity index (χ4v) is 3.11. The highest BCUT2D eigenvalue weighted by Crippen LogP contribution is 2.28. The Balaban J connectivity index is 2.23. The van der Waals surface area contributed by atoms with Crippen molar-refractivity contribution in [3.05, 3.63) is 34.1 Å². The number of amides is 1. The third-order valence-corrected chi connectivity index (χ3v) is 4.37. The van der Waals surface area contributed by atoms with Crippen LogP contribution in [0.2, 0.25) is 0 Å². The van der Waals surface area contributed by atoms with Crippen LogP contribution in [-0.2, 0) is 0 Å². The smallest absolute Gasteiger partial charge is 0.256 e. The van der Waals surface area contributed by atoms with Crippen molar-refractivity contribution in [2.24, 2.45) is 0 Å². The van der Waals surface area contributed by atoms with E-state index >= 15 is 0 Å². The molecule has 1 saturated carbocycles. The highest BCUT2D eigenvalue weighted by Gasteiger charge is 2.33. The van der Waals surface area contributed by atoms with Crippen molar-refractivity contribution in [2.45, 2.75) is 44.1 Å². The number of nitriles is 1. The van der Waals surface area contributed by atoms with Crippen LogP contribution in [0.25, 0.3) is 0 Å². The number of nitrogens with zero attached hydrogens (tertiary/aromatic N) is 1. The van der Waals surface area contributed by atoms with E-state index in [9.17, 15) is 14.4 Å². The first kappa shape index (κ1) is 15.0. The summed E-state index contributed by atoms with van der Waals surface area (Å²) in [6, 6.07) is 6.61. The van der Waals surface area contributed by atoms with Gasteiger partial charge in [0.1, 0.15) is 11.4 Å². The van der Waals surface area contributed by atoms with Gasteiger partial charge in [-0.05, 0) is 40.9 Å². The number of carbonyl (C=O) groups excluding carboxylic acids is 1. The molecule has 1 fully saturated rings. The Morgan fingerprint density at radius 1 is 1.30 bits per heavy atom. The van der Waals surface area contributed by atoms with Gasteiger partial charge in [-0.15, -0.1) is 0 Å². The average Bonchev–Trinajstić information content (AvgIpc) is 2.64. The van der Waals surface area contributed by atoms with E-state index in [-0.39, 0.29) is 5.56 Å². The van der Waals surface area contributed by atoms with Crippen LogP contribution in [0.15, 0.2) is 22.7 Å². The van der Waals surface area contributed by atoms with Crippen LogP contribution in [0.4, 0.5) is 4.39 Å². The molecule has 0 aliphatic heterocycles. The summed E-state index contributed by atoms with van der Waals surface area (Å²) in [6.07, 6.45) is 5.21. The van der Waals surface area contributed by atoms with E-state index < -0.39 is 17.3 Å². The predicted molar refractivity (Wildman–Crippen MR) is 77.6 cm³/mol. The predicted octanol–water partition coefficient (Wildman–Crippen LogP) is 3.93. The Kier molecular flexibility index (Phi) is 4.77. The minimum Gasteiger partial charge on any atom is -0.334 e. The standard InChI is InChI=1S/C15H16BrFN2O/c16-11-6-5-7-12(17)13(11)14(20)19-15(10-18)8-3-1-2-4-9-15/h5-7H,1-4,8-9H2,(H,19,20). The molecule has 0 unspecified atom stereocenters. The quantitative estimate of drug-likeness (QED) is 0.830. The monoisotopic (exact) mass is 338 g/mol. The summed E-state index contributed by atoms with van der Waals surface area (Å²) in [7, 11) is 0. The number of hydrogen-bond acceptors (Lipinski definition) is 2. The zero-order valence-electron chi connectivity index (χ0n) is 11.1. The SMILES string of the molecule is N#CC1(NC(=O)c2c(F)cccc2Br)CCCCCC1. The minimum absolute atomic E-state index is 0.0358. The van der Waals surface area contributed by atoms with Crippen molar-refractivity contribution >= 4 is 21.8 Å². The van der Waals surface area contributed by atoms with Gasteiger partial charge >= 0.3 is 0 Å². The molecule has 2 rings (SSSR count). The van der Waals surface area contributed by atoms with Crippen LogP contribution in [0, 0.1) is 17.1 Å². The van der Waals surface area contributed by atoms with E-state index in [2.05, 4.69) is 27.3 Å². The maximum Gasteiger partial charge on any atom is 0.256 e. The van der Waals surface area contributed by atoms with Crippen LogP contribution >= 0.6 is 15.9 Å². The molecule has 0 aromatic heterocycles. The molecular weight excluding hydrogens is 323 g/mol. The first-order valence-electron chi connectivity index (χ1n) is 6.76. The summed E-state index contributed by atoms with van der Waals surface area (Å²) in [5, 5.41) is 12.2. The lowest BCUT2D eigenvalue weighted by Crippen LogP contribution is -2.47. The Morgan fingerprint density at radius 3 is 2.50 bits per heavy atom. The van der Waals surface area contributed by atoms with Gasteiger partial charge in [-0.25, -0.2) is 4.39 Å². The molecule has 1 N–H and O–H groups in total. The largest absolute Gasteiger partial charge is 0.334 e. The molecule has 20 heavy (non-hydrogen) atoms. The molecule has 1 aliphatic rings. The van der Waals surface area contributed by atoms with Crippen LogP contribution in [0.1, 0.15) is 48.9 Å². The van der Waals surface area contributed by atoms with Crippen LogP contribution in [0.3, 0.4) is 0 Å². The molecule has 0 bridgehead atoms. The van der Waals surface area contributed by atoms with Gasteiger partial charge in [0.25, 0.3) is 5.91 Å². The summed E-state index contributed by atoms with van der Waals surface area (Å²) in [6.45, 7) is 0. The second kappa shape index (κ2) is 6.36. The molecule has 0 atom stereocenters. The number of rotatable bonds is 2. The van der Waals surface area contributed by atoms with E-state index in [4.69, 9.17) is 0 Å². The van der Waals surface area contributed by atoms with Crippen LogP contribution < -0.4 is 5.32 Å². The van der Waals surface area contributed by atoms with Gasteiger partial charge in [-0.2, -0.15) is 5.26 Å². The van der Waals surface area contributed by atoms with E-state index in [0.29, 0.717) is 17.3 Å². The molecule has 5 heteroatoms. The Morgan fingerprint density at radius 2 is 1.95 bits per heavy atom. The van der Waals surface area contributed by atoms with Gasteiger partial charge < -0.3 is 5.32 Å². The topological polar surface area (TPSA) is 52.9 Å². The first-order chi connectivity index (χ1) is 9.58. The van der Waals surface area contributed by atoms with Crippen LogP contribution in [0.5, 0.6) is 0 Å². The fraction of sp³-hybridized carbons (Fsp3) is 0.467. The Bertz CT molecular complexity index is 525. The summed E-state index contributed by atoms with van der Waals surface area (Å²) < 4.78 is 14.2. The molecule has 1 aliphatic carbocycles. The number of nitrogens with one attached hydrogen (secondary N) is 1. The first-order valence-corrected chi connectivity index (χ1v) is 7.55. The highest BCUT2D eigenvalue weighted by atomic mass is 79.9. The highest BCUT2D eigenvalue weighted by molar-refractivity contribution is 9.10. The molecule has 3 nitrogen and oxygen atoms in total. The second-order valence-corrected chi connectivity index (χ2v) is 6.01. The van der Waals surface area contributed by atoms with Crippen LogP contribution in [-0.4, -0.2) is 11.4 Å². The number of benzene rings is 1. The lowest BCUT2D eigenvalue weighted by atomic mass is 9.91. The number of hydrogen-bond donors (Lipinski definition) is 1. The zero-order chi connectivity index (χ0) is 14.6. The molecule has 1 amide bonds. The van der Waals surface area contributed by atoms with Crippen molar-refractivity contribution in [1.82, 2.24) is 5.32 Å². The normalized spacial score (nSPS) is 17.9. The maximum absolute atomic E-state index is 13.8. The van der Waals surface area contributed by atoms with Crippen molar-refractivity contribution in [2.75, 3.05) is 0 Å². The lowest BCUT2D eigenvalue weighted by molar-refractivity contribution is 0.0908. The third-order valence-electron chi connectivity index (χ3n) is 3.71. The molecule has 1 aromatic rings. The molecule has 0 spiro atoms. The van der Waals surface area contributed by atoms with Gasteiger partial charge in [0, 0.05) is 4.47 Å². The van der Waals surface area contributed by atoms with E-state index in [1.807, 2.05) is 0 Å². The number of halogens is 2. The van der Waals surface area contributed by atoms with Gasteiger partial charge in [-0.1, -0.05) is 31.7 Å². The van der Waals surface area contributed by atoms with Crippen molar-refractivity contribution in [3.8, 4) is 6.07 Å². The summed E-state index contributed by atoms with van der Waals surface area (Å²) in [5.41, 5.74) is -0.902. The van der Waals surface area contributed by atoms with Gasteiger partial charge in [-0.3, -0.25) is 4.79 Å².